The van der Waals surface area contributed by atoms with Crippen LogP contribution >= 0.6 is 35.0 Å². The van der Waals surface area contributed by atoms with Crippen molar-refractivity contribution < 1.29 is 14.5 Å². The van der Waals surface area contributed by atoms with Crippen LogP contribution < -0.4 is 0 Å². The van der Waals surface area contributed by atoms with E-state index in [1.807, 2.05) is 0 Å². The molecule has 2 amide bonds. The van der Waals surface area contributed by atoms with Gasteiger partial charge in [-0.15, -0.1) is 0 Å². The molecule has 2 aromatic rings. The minimum absolute atomic E-state index is 0.0310. The highest BCUT2D eigenvalue weighted by Crippen LogP contribution is 2.35. The Labute approximate surface area is 162 Å². The molecular formula is C17H10Cl2N2O4S. The molecule has 6 nitrogen and oxygen atoms in total. The van der Waals surface area contributed by atoms with E-state index >= 15 is 0 Å². The lowest BCUT2D eigenvalue weighted by atomic mass is 10.2. The van der Waals surface area contributed by atoms with Crippen LogP contribution in [0.4, 0.5) is 10.5 Å². The molecule has 0 atom stereocenters. The molecule has 0 bridgehead atoms. The first kappa shape index (κ1) is 18.4. The number of benzene rings is 2. The van der Waals surface area contributed by atoms with Gasteiger partial charge in [0.2, 0.25) is 0 Å². The van der Waals surface area contributed by atoms with Crippen molar-refractivity contribution in [1.82, 2.24) is 4.90 Å². The number of thioether (sulfide) groups is 1. The van der Waals surface area contributed by atoms with Gasteiger partial charge in [-0.2, -0.15) is 0 Å². The maximum atomic E-state index is 12.5. The van der Waals surface area contributed by atoms with Crippen molar-refractivity contribution in [1.29, 1.82) is 0 Å². The molecule has 0 aromatic heterocycles. The van der Waals surface area contributed by atoms with Crippen LogP contribution in [0.15, 0.2) is 47.4 Å². The van der Waals surface area contributed by atoms with E-state index in [-0.39, 0.29) is 17.1 Å². The maximum absolute atomic E-state index is 12.5. The molecule has 9 heteroatoms. The van der Waals surface area contributed by atoms with Gasteiger partial charge in [-0.25, -0.2) is 0 Å². The molecule has 1 heterocycles. The van der Waals surface area contributed by atoms with Gasteiger partial charge < -0.3 is 0 Å². The number of carbonyl (C=O) groups is 2. The predicted molar refractivity (Wildman–Crippen MR) is 101 cm³/mol. The van der Waals surface area contributed by atoms with Gasteiger partial charge in [-0.1, -0.05) is 47.5 Å². The Kier molecular flexibility index (Phi) is 5.31. The summed E-state index contributed by atoms with van der Waals surface area (Å²) in [4.78, 5) is 36.2. The van der Waals surface area contributed by atoms with Gasteiger partial charge in [0.25, 0.3) is 16.8 Å². The van der Waals surface area contributed by atoms with Crippen LogP contribution in [0.25, 0.3) is 6.08 Å². The molecule has 26 heavy (non-hydrogen) atoms. The zero-order chi connectivity index (χ0) is 18.8. The van der Waals surface area contributed by atoms with Crippen LogP contribution in [0, 0.1) is 10.1 Å². The Morgan fingerprint density at radius 1 is 1.12 bits per heavy atom. The van der Waals surface area contributed by atoms with E-state index in [0.717, 1.165) is 16.7 Å². The zero-order valence-electron chi connectivity index (χ0n) is 13.0. The number of nitro groups is 1. The van der Waals surface area contributed by atoms with Crippen molar-refractivity contribution in [3.05, 3.63) is 78.7 Å². The Morgan fingerprint density at radius 2 is 1.81 bits per heavy atom. The number of imide groups is 1. The van der Waals surface area contributed by atoms with Gasteiger partial charge in [0.1, 0.15) is 0 Å². The number of halogens is 2. The monoisotopic (exact) mass is 408 g/mol. The van der Waals surface area contributed by atoms with Crippen molar-refractivity contribution in [3.8, 4) is 0 Å². The molecule has 0 unspecified atom stereocenters. The van der Waals surface area contributed by atoms with Crippen molar-refractivity contribution in [2.45, 2.75) is 6.54 Å². The number of carbonyl (C=O) groups excluding carboxylic acids is 2. The molecule has 2 aromatic carbocycles. The molecule has 0 N–H and O–H groups in total. The average Bonchev–Trinajstić information content (AvgIpc) is 2.87. The Hall–Kier alpha value is -2.35. The number of rotatable bonds is 4. The fourth-order valence-electron chi connectivity index (χ4n) is 2.32. The van der Waals surface area contributed by atoms with Gasteiger partial charge in [-0.05, 0) is 35.0 Å². The summed E-state index contributed by atoms with van der Waals surface area (Å²) in [6.07, 6.45) is 1.52. The first-order chi connectivity index (χ1) is 12.4. The SMILES string of the molecule is O=C1S/C(=C\c2cccc(Cl)c2Cl)C(=O)N1Cc1ccc([N+](=O)[O-])cc1. The Morgan fingerprint density at radius 3 is 2.46 bits per heavy atom. The summed E-state index contributed by atoms with van der Waals surface area (Å²) < 4.78 is 0. The van der Waals surface area contributed by atoms with Crippen LogP contribution in [0.1, 0.15) is 11.1 Å². The lowest BCUT2D eigenvalue weighted by Gasteiger charge is -2.12. The molecule has 1 saturated heterocycles. The minimum atomic E-state index is -0.513. The quantitative estimate of drug-likeness (QED) is 0.397. The van der Waals surface area contributed by atoms with Gasteiger partial charge >= 0.3 is 0 Å². The molecule has 1 fully saturated rings. The third-order valence-corrected chi connectivity index (χ3v) is 5.37. The number of nitro benzene ring substituents is 1. The number of nitrogens with zero attached hydrogens (tertiary/aromatic N) is 2. The Bertz CT molecular complexity index is 944. The van der Waals surface area contributed by atoms with Crippen LogP contribution in [-0.2, 0) is 11.3 Å². The predicted octanol–water partition coefficient (Wildman–Crippen LogP) is 5.14. The number of amides is 2. The van der Waals surface area contributed by atoms with Gasteiger partial charge in [0.15, 0.2) is 0 Å². The summed E-state index contributed by atoms with van der Waals surface area (Å²) >= 11 is 12.9. The van der Waals surface area contributed by atoms with Gasteiger partial charge in [-0.3, -0.25) is 24.6 Å². The first-order valence-electron chi connectivity index (χ1n) is 7.29. The molecule has 3 rings (SSSR count). The average molecular weight is 409 g/mol. The summed E-state index contributed by atoms with van der Waals surface area (Å²) in [5.41, 5.74) is 1.10. The maximum Gasteiger partial charge on any atom is 0.293 e. The second-order valence-corrected chi connectivity index (χ2v) is 7.11. The third-order valence-electron chi connectivity index (χ3n) is 3.63. The molecule has 1 aliphatic rings. The second kappa shape index (κ2) is 7.49. The van der Waals surface area contributed by atoms with Crippen LogP contribution in [-0.4, -0.2) is 21.0 Å². The fourth-order valence-corrected chi connectivity index (χ4v) is 3.51. The van der Waals surface area contributed by atoms with Crippen molar-refractivity contribution in [3.63, 3.8) is 0 Å². The van der Waals surface area contributed by atoms with E-state index in [1.165, 1.54) is 30.3 Å². The third kappa shape index (κ3) is 3.75. The van der Waals surface area contributed by atoms with E-state index in [4.69, 9.17) is 23.2 Å². The summed E-state index contributed by atoms with van der Waals surface area (Å²) in [5, 5.41) is 10.9. The van der Waals surface area contributed by atoms with E-state index < -0.39 is 16.1 Å². The highest BCUT2D eigenvalue weighted by molar-refractivity contribution is 8.18. The normalized spacial score (nSPS) is 15.8. The highest BCUT2D eigenvalue weighted by atomic mass is 35.5. The summed E-state index contributed by atoms with van der Waals surface area (Å²) in [5.74, 6) is -0.450. The van der Waals surface area contributed by atoms with Crippen molar-refractivity contribution in [2.75, 3.05) is 0 Å². The number of hydrogen-bond acceptors (Lipinski definition) is 5. The number of non-ortho nitro benzene ring substituents is 1. The highest BCUT2D eigenvalue weighted by Gasteiger charge is 2.35. The molecule has 1 aliphatic heterocycles. The van der Waals surface area contributed by atoms with Crippen molar-refractivity contribution in [2.24, 2.45) is 0 Å². The lowest BCUT2D eigenvalue weighted by molar-refractivity contribution is -0.384. The molecule has 0 aliphatic carbocycles. The van der Waals surface area contributed by atoms with E-state index in [2.05, 4.69) is 0 Å². The molecular weight excluding hydrogens is 399 g/mol. The van der Waals surface area contributed by atoms with Gasteiger partial charge in [0.05, 0.1) is 26.4 Å². The summed E-state index contributed by atoms with van der Waals surface area (Å²) in [7, 11) is 0. The standard InChI is InChI=1S/C17H10Cl2N2O4S/c18-13-3-1-2-11(15(13)19)8-14-16(22)20(17(23)26-14)9-10-4-6-12(7-5-10)21(24)25/h1-8H,9H2/b14-8-. The summed E-state index contributed by atoms with van der Waals surface area (Å²) in [6, 6.07) is 10.7. The largest absolute Gasteiger partial charge is 0.293 e. The van der Waals surface area contributed by atoms with Crippen molar-refractivity contribution >= 4 is 57.9 Å². The van der Waals surface area contributed by atoms with E-state index in [9.17, 15) is 19.7 Å². The van der Waals surface area contributed by atoms with Crippen LogP contribution in [0.5, 0.6) is 0 Å². The molecule has 132 valence electrons. The summed E-state index contributed by atoms with van der Waals surface area (Å²) in [6.45, 7) is 0.0310. The van der Waals surface area contributed by atoms with E-state index in [0.29, 0.717) is 21.2 Å². The topological polar surface area (TPSA) is 80.5 Å². The first-order valence-corrected chi connectivity index (χ1v) is 8.87. The minimum Gasteiger partial charge on any atom is -0.268 e. The lowest BCUT2D eigenvalue weighted by Crippen LogP contribution is -2.27. The zero-order valence-corrected chi connectivity index (χ0v) is 15.3. The second-order valence-electron chi connectivity index (χ2n) is 5.33. The van der Waals surface area contributed by atoms with E-state index in [1.54, 1.807) is 18.2 Å². The van der Waals surface area contributed by atoms with Crippen LogP contribution in [0.2, 0.25) is 10.0 Å². The molecule has 0 saturated carbocycles. The number of hydrogen-bond donors (Lipinski definition) is 0. The smallest absolute Gasteiger partial charge is 0.268 e. The fraction of sp³-hybridized carbons (Fsp3) is 0.0588. The van der Waals surface area contributed by atoms with Crippen LogP contribution in [0.3, 0.4) is 0 Å². The molecule has 0 spiro atoms. The Balaban J connectivity index is 1.81. The molecule has 0 radical (unpaired) electrons. The van der Waals surface area contributed by atoms with Gasteiger partial charge in [0, 0.05) is 12.1 Å².